The molecule has 3 amide bonds. The molecule has 1 aliphatic carbocycles. The van der Waals surface area contributed by atoms with E-state index in [1.807, 2.05) is 61.5 Å². The minimum absolute atomic E-state index is 0.149. The number of carbonyl (C=O) groups excluding carboxylic acids is 3. The Kier molecular flexibility index (Phi) is 7.11. The summed E-state index contributed by atoms with van der Waals surface area (Å²) < 4.78 is 5.49. The van der Waals surface area contributed by atoms with E-state index in [0.29, 0.717) is 13.0 Å². The molecule has 2 fully saturated rings. The zero-order valence-electron chi connectivity index (χ0n) is 19.4. The van der Waals surface area contributed by atoms with Crippen LogP contribution in [0.15, 0.2) is 54.6 Å². The van der Waals surface area contributed by atoms with E-state index in [-0.39, 0.29) is 42.1 Å². The van der Waals surface area contributed by atoms with Gasteiger partial charge in [0.2, 0.25) is 17.7 Å². The van der Waals surface area contributed by atoms with Crippen molar-refractivity contribution >= 4 is 17.7 Å². The van der Waals surface area contributed by atoms with Gasteiger partial charge in [0.25, 0.3) is 0 Å². The van der Waals surface area contributed by atoms with Crippen LogP contribution < -0.4 is 4.74 Å². The Morgan fingerprint density at radius 3 is 2.24 bits per heavy atom. The van der Waals surface area contributed by atoms with Crippen molar-refractivity contribution in [2.24, 2.45) is 11.8 Å². The van der Waals surface area contributed by atoms with E-state index in [1.165, 1.54) is 4.90 Å². The van der Waals surface area contributed by atoms with E-state index in [0.717, 1.165) is 42.6 Å². The highest BCUT2D eigenvalue weighted by Crippen LogP contribution is 2.38. The maximum Gasteiger partial charge on any atom is 0.243 e. The number of amides is 3. The smallest absolute Gasteiger partial charge is 0.243 e. The van der Waals surface area contributed by atoms with Crippen LogP contribution in [0.1, 0.15) is 43.7 Å². The molecule has 174 valence electrons. The molecular weight excluding hydrogens is 416 g/mol. The number of imide groups is 1. The molecule has 1 saturated heterocycles. The molecule has 33 heavy (non-hydrogen) atoms. The Labute approximate surface area is 195 Å². The lowest BCUT2D eigenvalue weighted by Gasteiger charge is -2.31. The Balaban J connectivity index is 1.54. The van der Waals surface area contributed by atoms with Crippen LogP contribution in [0.2, 0.25) is 0 Å². The maximum atomic E-state index is 13.5. The van der Waals surface area contributed by atoms with Gasteiger partial charge >= 0.3 is 0 Å². The van der Waals surface area contributed by atoms with Crippen LogP contribution in [0.4, 0.5) is 0 Å². The van der Waals surface area contributed by atoms with E-state index in [4.69, 9.17) is 4.74 Å². The SMILES string of the molecule is COc1ccccc1CC(C)N(Cc1ccccc1)C(=O)CN1C(=O)C2CCCCC2C1=O. The summed E-state index contributed by atoms with van der Waals surface area (Å²) in [5, 5.41) is 0. The third-order valence-corrected chi connectivity index (χ3v) is 6.98. The van der Waals surface area contributed by atoms with Crippen LogP contribution in [-0.4, -0.2) is 47.2 Å². The van der Waals surface area contributed by atoms with Crippen molar-refractivity contribution in [1.82, 2.24) is 9.80 Å². The molecule has 3 atom stereocenters. The summed E-state index contributed by atoms with van der Waals surface area (Å²) in [5.41, 5.74) is 2.02. The number of carbonyl (C=O) groups is 3. The van der Waals surface area contributed by atoms with E-state index < -0.39 is 0 Å². The van der Waals surface area contributed by atoms with Crippen molar-refractivity contribution in [3.63, 3.8) is 0 Å². The molecule has 0 spiro atoms. The summed E-state index contributed by atoms with van der Waals surface area (Å²) in [4.78, 5) is 42.4. The molecule has 0 N–H and O–H groups in total. The predicted molar refractivity (Wildman–Crippen MR) is 125 cm³/mol. The molecule has 2 aromatic carbocycles. The van der Waals surface area contributed by atoms with Crippen LogP contribution in [0.5, 0.6) is 5.75 Å². The van der Waals surface area contributed by atoms with Gasteiger partial charge in [-0.3, -0.25) is 19.3 Å². The van der Waals surface area contributed by atoms with Gasteiger partial charge < -0.3 is 9.64 Å². The van der Waals surface area contributed by atoms with E-state index in [2.05, 4.69) is 0 Å². The van der Waals surface area contributed by atoms with Gasteiger partial charge in [-0.1, -0.05) is 61.4 Å². The molecule has 6 nitrogen and oxygen atoms in total. The fourth-order valence-electron chi connectivity index (χ4n) is 5.18. The number of methoxy groups -OCH3 is 1. The number of hydrogen-bond acceptors (Lipinski definition) is 4. The number of para-hydroxylation sites is 1. The summed E-state index contributed by atoms with van der Waals surface area (Å²) in [7, 11) is 1.64. The number of likely N-dealkylation sites (tertiary alicyclic amines) is 1. The minimum Gasteiger partial charge on any atom is -0.496 e. The van der Waals surface area contributed by atoms with E-state index in [1.54, 1.807) is 12.0 Å². The van der Waals surface area contributed by atoms with Crippen LogP contribution in [0.3, 0.4) is 0 Å². The quantitative estimate of drug-likeness (QED) is 0.576. The molecule has 1 aliphatic heterocycles. The van der Waals surface area contributed by atoms with Crippen molar-refractivity contribution in [1.29, 1.82) is 0 Å². The molecular formula is C27H32N2O4. The van der Waals surface area contributed by atoms with Crippen molar-refractivity contribution in [2.75, 3.05) is 13.7 Å². The number of rotatable bonds is 8. The number of ether oxygens (including phenoxy) is 1. The Morgan fingerprint density at radius 2 is 1.61 bits per heavy atom. The topological polar surface area (TPSA) is 66.9 Å². The fraction of sp³-hybridized carbons (Fsp3) is 0.444. The molecule has 2 aromatic rings. The van der Waals surface area contributed by atoms with Gasteiger partial charge in [-0.15, -0.1) is 0 Å². The van der Waals surface area contributed by atoms with Crippen molar-refractivity contribution < 1.29 is 19.1 Å². The summed E-state index contributed by atoms with van der Waals surface area (Å²) >= 11 is 0. The highest BCUT2D eigenvalue weighted by atomic mass is 16.5. The lowest BCUT2D eigenvalue weighted by Crippen LogP contribution is -2.46. The summed E-state index contributed by atoms with van der Waals surface area (Å²) in [5.74, 6) is -0.252. The molecule has 6 heteroatoms. The molecule has 0 bridgehead atoms. The van der Waals surface area contributed by atoms with E-state index >= 15 is 0 Å². The highest BCUT2D eigenvalue weighted by Gasteiger charge is 2.48. The van der Waals surface area contributed by atoms with Crippen molar-refractivity contribution in [3.05, 3.63) is 65.7 Å². The summed E-state index contributed by atoms with van der Waals surface area (Å²) in [6.45, 7) is 2.23. The zero-order chi connectivity index (χ0) is 23.4. The largest absolute Gasteiger partial charge is 0.496 e. The first-order valence-corrected chi connectivity index (χ1v) is 11.8. The first-order valence-electron chi connectivity index (χ1n) is 11.8. The second-order valence-corrected chi connectivity index (χ2v) is 9.13. The lowest BCUT2D eigenvalue weighted by atomic mass is 9.81. The maximum absolute atomic E-state index is 13.5. The first-order chi connectivity index (χ1) is 16.0. The Morgan fingerprint density at radius 1 is 1.00 bits per heavy atom. The standard InChI is InChI=1S/C27H32N2O4/c1-19(16-21-12-6-9-15-24(21)33-2)28(17-20-10-4-3-5-11-20)25(30)18-29-26(31)22-13-7-8-14-23(22)27(29)32/h3-6,9-12,15,19,22-23H,7-8,13-14,16-18H2,1-2H3. The van der Waals surface area contributed by atoms with Gasteiger partial charge in [0.1, 0.15) is 12.3 Å². The van der Waals surface area contributed by atoms with E-state index in [9.17, 15) is 14.4 Å². The second-order valence-electron chi connectivity index (χ2n) is 9.13. The molecule has 3 unspecified atom stereocenters. The first kappa shape index (κ1) is 23.0. The monoisotopic (exact) mass is 448 g/mol. The summed E-state index contributed by atoms with van der Waals surface area (Å²) in [6.07, 6.45) is 4.04. The zero-order valence-corrected chi connectivity index (χ0v) is 19.4. The number of benzene rings is 2. The third-order valence-electron chi connectivity index (χ3n) is 6.98. The van der Waals surface area contributed by atoms with Crippen molar-refractivity contribution in [3.8, 4) is 5.75 Å². The van der Waals surface area contributed by atoms with Gasteiger partial charge in [-0.25, -0.2) is 0 Å². The van der Waals surface area contributed by atoms with Crippen molar-refractivity contribution in [2.45, 2.75) is 51.6 Å². The average molecular weight is 449 g/mol. The highest BCUT2D eigenvalue weighted by molar-refractivity contribution is 6.07. The number of fused-ring (bicyclic) bond motifs is 1. The number of hydrogen-bond donors (Lipinski definition) is 0. The molecule has 0 radical (unpaired) electrons. The van der Waals surface area contributed by atoms with Gasteiger partial charge in [0.05, 0.1) is 18.9 Å². The minimum atomic E-state index is -0.243. The normalized spacial score (nSPS) is 21.0. The van der Waals surface area contributed by atoms with Gasteiger partial charge in [-0.05, 0) is 43.4 Å². The van der Waals surface area contributed by atoms with Crippen LogP contribution in [0.25, 0.3) is 0 Å². The second kappa shape index (κ2) is 10.2. The molecule has 1 heterocycles. The third kappa shape index (κ3) is 4.95. The van der Waals surface area contributed by atoms with Crippen LogP contribution in [0, 0.1) is 11.8 Å². The molecule has 2 aliphatic rings. The van der Waals surface area contributed by atoms with Gasteiger partial charge in [0, 0.05) is 12.6 Å². The Bertz CT molecular complexity index is 982. The summed E-state index contributed by atoms with van der Waals surface area (Å²) in [6, 6.07) is 17.4. The molecule has 1 saturated carbocycles. The van der Waals surface area contributed by atoms with Gasteiger partial charge in [-0.2, -0.15) is 0 Å². The molecule has 0 aromatic heterocycles. The van der Waals surface area contributed by atoms with Gasteiger partial charge in [0.15, 0.2) is 0 Å². The Hall–Kier alpha value is -3.15. The number of nitrogens with zero attached hydrogens (tertiary/aromatic N) is 2. The average Bonchev–Trinajstić information content (AvgIpc) is 3.08. The van der Waals surface area contributed by atoms with Crippen LogP contribution in [-0.2, 0) is 27.3 Å². The molecule has 4 rings (SSSR count). The fourth-order valence-corrected chi connectivity index (χ4v) is 5.18. The van der Waals surface area contributed by atoms with Crippen LogP contribution >= 0.6 is 0 Å². The lowest BCUT2D eigenvalue weighted by molar-refractivity contribution is -0.147. The predicted octanol–water partition coefficient (Wildman–Crippen LogP) is 3.83.